The minimum absolute atomic E-state index is 0.0311. The van der Waals surface area contributed by atoms with E-state index in [0.717, 1.165) is 5.56 Å². The van der Waals surface area contributed by atoms with Crippen LogP contribution >= 0.6 is 11.3 Å². The third-order valence-corrected chi connectivity index (χ3v) is 6.04. The van der Waals surface area contributed by atoms with Crippen molar-refractivity contribution < 1.29 is 23.6 Å². The molecule has 5 aromatic rings. The molecule has 0 bridgehead atoms. The molecule has 0 saturated heterocycles. The van der Waals surface area contributed by atoms with Gasteiger partial charge in [0.25, 0.3) is 11.6 Å². The molecule has 13 heteroatoms. The SMILES string of the molecule is COc1ccc(-c2ccc(C(=O)Nc3cc(-c4nn5cnnc5s4)ccc3OC)o2)c([N+](=O)[O-])c1. The van der Waals surface area contributed by atoms with Gasteiger partial charge in [-0.15, -0.1) is 10.2 Å². The second kappa shape index (κ2) is 8.87. The van der Waals surface area contributed by atoms with E-state index >= 15 is 0 Å². The molecular weight excluding hydrogens is 476 g/mol. The van der Waals surface area contributed by atoms with Gasteiger partial charge in [0.1, 0.15) is 28.6 Å². The highest BCUT2D eigenvalue weighted by Crippen LogP contribution is 2.35. The van der Waals surface area contributed by atoms with Crippen molar-refractivity contribution in [2.75, 3.05) is 19.5 Å². The van der Waals surface area contributed by atoms with Crippen LogP contribution in [0.2, 0.25) is 0 Å². The van der Waals surface area contributed by atoms with Crippen molar-refractivity contribution in [2.24, 2.45) is 0 Å². The van der Waals surface area contributed by atoms with Gasteiger partial charge < -0.3 is 19.2 Å². The van der Waals surface area contributed by atoms with E-state index in [0.29, 0.717) is 27.2 Å². The van der Waals surface area contributed by atoms with E-state index in [4.69, 9.17) is 13.9 Å². The number of nitro benzene ring substituents is 1. The molecule has 3 heterocycles. The molecule has 1 amide bonds. The average Bonchev–Trinajstić information content (AvgIpc) is 3.60. The number of ether oxygens (including phenoxy) is 2. The van der Waals surface area contributed by atoms with Gasteiger partial charge in [-0.3, -0.25) is 14.9 Å². The minimum Gasteiger partial charge on any atom is -0.497 e. The first-order valence-electron chi connectivity index (χ1n) is 10.1. The lowest BCUT2D eigenvalue weighted by atomic mass is 10.1. The fraction of sp³-hybridized carbons (Fsp3) is 0.0909. The van der Waals surface area contributed by atoms with Crippen molar-refractivity contribution in [2.45, 2.75) is 0 Å². The molecule has 2 aromatic carbocycles. The summed E-state index contributed by atoms with van der Waals surface area (Å²) >= 11 is 1.34. The predicted molar refractivity (Wildman–Crippen MR) is 126 cm³/mol. The van der Waals surface area contributed by atoms with E-state index in [2.05, 4.69) is 20.6 Å². The lowest BCUT2D eigenvalue weighted by Gasteiger charge is -2.10. The molecule has 0 unspecified atom stereocenters. The van der Waals surface area contributed by atoms with Crippen molar-refractivity contribution in [3.05, 3.63) is 70.7 Å². The molecule has 0 fully saturated rings. The summed E-state index contributed by atoms with van der Waals surface area (Å²) in [6, 6.07) is 12.6. The number of hydrogen-bond acceptors (Lipinski definition) is 10. The van der Waals surface area contributed by atoms with Crippen molar-refractivity contribution in [1.29, 1.82) is 0 Å². The molecule has 1 N–H and O–H groups in total. The van der Waals surface area contributed by atoms with Crippen LogP contribution in [0.1, 0.15) is 10.6 Å². The maximum absolute atomic E-state index is 12.9. The number of nitrogens with one attached hydrogen (secondary N) is 1. The van der Waals surface area contributed by atoms with Gasteiger partial charge in [0.15, 0.2) is 5.76 Å². The standard InChI is InChI=1S/C22H16N6O6S/c1-32-13-4-5-14(16(10-13)28(30)31)17-7-8-19(34-17)20(29)24-15-9-12(3-6-18(15)33-2)21-26-27-11-23-25-22(27)35-21/h3-11H,1-2H3,(H,24,29). The van der Waals surface area contributed by atoms with Crippen LogP contribution in [0.5, 0.6) is 11.5 Å². The summed E-state index contributed by atoms with van der Waals surface area (Å²) in [5.41, 5.74) is 1.16. The molecule has 0 spiro atoms. The summed E-state index contributed by atoms with van der Waals surface area (Å²) in [5.74, 6) is 0.353. The third kappa shape index (κ3) is 4.15. The lowest BCUT2D eigenvalue weighted by Crippen LogP contribution is -2.11. The molecule has 12 nitrogen and oxygen atoms in total. The topological polar surface area (TPSA) is 147 Å². The number of nitrogens with zero attached hydrogens (tertiary/aromatic N) is 5. The number of carbonyl (C=O) groups excluding carboxylic acids is 1. The fourth-order valence-corrected chi connectivity index (χ4v) is 4.22. The molecule has 0 saturated carbocycles. The van der Waals surface area contributed by atoms with E-state index < -0.39 is 10.8 Å². The van der Waals surface area contributed by atoms with Crippen LogP contribution in [0, 0.1) is 10.1 Å². The van der Waals surface area contributed by atoms with E-state index in [1.807, 2.05) is 6.07 Å². The van der Waals surface area contributed by atoms with Gasteiger partial charge >= 0.3 is 0 Å². The number of benzene rings is 2. The van der Waals surface area contributed by atoms with Crippen LogP contribution in [0.4, 0.5) is 11.4 Å². The van der Waals surface area contributed by atoms with Crippen molar-refractivity contribution >= 4 is 33.6 Å². The molecule has 0 aliphatic carbocycles. The van der Waals surface area contributed by atoms with E-state index in [9.17, 15) is 14.9 Å². The Bertz CT molecular complexity index is 1540. The Labute approximate surface area is 200 Å². The van der Waals surface area contributed by atoms with E-state index in [1.54, 1.807) is 22.7 Å². The molecule has 176 valence electrons. The normalized spacial score (nSPS) is 10.9. The Hall–Kier alpha value is -4.78. The summed E-state index contributed by atoms with van der Waals surface area (Å²) < 4.78 is 17.7. The summed E-state index contributed by atoms with van der Waals surface area (Å²) in [6.07, 6.45) is 1.50. The molecule has 0 aliphatic rings. The summed E-state index contributed by atoms with van der Waals surface area (Å²) in [7, 11) is 2.91. The summed E-state index contributed by atoms with van der Waals surface area (Å²) in [6.45, 7) is 0. The maximum atomic E-state index is 12.9. The first kappa shape index (κ1) is 22.0. The number of fused-ring (bicyclic) bond motifs is 1. The van der Waals surface area contributed by atoms with Crippen molar-refractivity contribution in [3.8, 4) is 33.4 Å². The van der Waals surface area contributed by atoms with Gasteiger partial charge in [0.2, 0.25) is 4.96 Å². The first-order valence-corrected chi connectivity index (χ1v) is 10.9. The molecule has 0 aliphatic heterocycles. The number of carbonyl (C=O) groups is 1. The average molecular weight is 492 g/mol. The zero-order valence-electron chi connectivity index (χ0n) is 18.3. The Morgan fingerprint density at radius 1 is 1.14 bits per heavy atom. The number of methoxy groups -OCH3 is 2. The Balaban J connectivity index is 1.43. The predicted octanol–water partition coefficient (Wildman–Crippen LogP) is 4.29. The fourth-order valence-electron chi connectivity index (χ4n) is 3.40. The van der Waals surface area contributed by atoms with Crippen LogP contribution in [0.25, 0.3) is 26.9 Å². The monoisotopic (exact) mass is 492 g/mol. The minimum atomic E-state index is -0.555. The van der Waals surface area contributed by atoms with Crippen LogP contribution in [0.3, 0.4) is 0 Å². The smallest absolute Gasteiger partial charge is 0.291 e. The Morgan fingerprint density at radius 2 is 2.00 bits per heavy atom. The number of rotatable bonds is 7. The molecular formula is C22H16N6O6S. The maximum Gasteiger partial charge on any atom is 0.291 e. The lowest BCUT2D eigenvalue weighted by molar-refractivity contribution is -0.384. The van der Waals surface area contributed by atoms with Gasteiger partial charge in [-0.1, -0.05) is 11.3 Å². The number of anilines is 1. The molecule has 5 rings (SSSR count). The Kier molecular flexibility index (Phi) is 5.58. The number of amides is 1. The van der Waals surface area contributed by atoms with Gasteiger partial charge in [0.05, 0.1) is 36.5 Å². The van der Waals surface area contributed by atoms with Crippen LogP contribution < -0.4 is 14.8 Å². The second-order valence-electron chi connectivity index (χ2n) is 7.14. The van der Waals surface area contributed by atoms with Crippen LogP contribution in [0.15, 0.2) is 59.3 Å². The van der Waals surface area contributed by atoms with Gasteiger partial charge in [-0.2, -0.15) is 9.61 Å². The molecule has 0 atom stereocenters. The van der Waals surface area contributed by atoms with Gasteiger partial charge in [-0.05, 0) is 42.5 Å². The zero-order valence-corrected chi connectivity index (χ0v) is 19.1. The summed E-state index contributed by atoms with van der Waals surface area (Å²) in [4.78, 5) is 24.5. The first-order chi connectivity index (χ1) is 17.0. The van der Waals surface area contributed by atoms with Crippen LogP contribution in [-0.2, 0) is 0 Å². The third-order valence-electron chi connectivity index (χ3n) is 5.08. The number of furan rings is 1. The highest BCUT2D eigenvalue weighted by atomic mass is 32.1. The Morgan fingerprint density at radius 3 is 2.74 bits per heavy atom. The van der Waals surface area contributed by atoms with Gasteiger partial charge in [0, 0.05) is 5.56 Å². The van der Waals surface area contributed by atoms with Crippen LogP contribution in [-0.4, -0.2) is 44.9 Å². The number of nitro groups is 1. The summed E-state index contributed by atoms with van der Waals surface area (Å²) in [5, 5.41) is 27.1. The van der Waals surface area contributed by atoms with Crippen molar-refractivity contribution in [1.82, 2.24) is 19.8 Å². The highest BCUT2D eigenvalue weighted by molar-refractivity contribution is 7.19. The largest absolute Gasteiger partial charge is 0.497 e. The van der Waals surface area contributed by atoms with Gasteiger partial charge in [-0.25, -0.2) is 0 Å². The molecule has 35 heavy (non-hydrogen) atoms. The molecule has 0 radical (unpaired) electrons. The van der Waals surface area contributed by atoms with E-state index in [1.165, 1.54) is 56.1 Å². The van der Waals surface area contributed by atoms with Crippen molar-refractivity contribution in [3.63, 3.8) is 0 Å². The zero-order chi connectivity index (χ0) is 24.5. The number of hydrogen-bond donors (Lipinski definition) is 1. The van der Waals surface area contributed by atoms with E-state index in [-0.39, 0.29) is 22.8 Å². The second-order valence-corrected chi connectivity index (χ2v) is 8.09. The number of aromatic nitrogens is 4. The quantitative estimate of drug-likeness (QED) is 0.259. The molecule has 3 aromatic heterocycles. The highest BCUT2D eigenvalue weighted by Gasteiger charge is 2.22.